The van der Waals surface area contributed by atoms with E-state index in [1.807, 2.05) is 0 Å². The van der Waals surface area contributed by atoms with Crippen LogP contribution in [0, 0.1) is 0 Å². The third-order valence-corrected chi connectivity index (χ3v) is 6.29. The number of fused-ring (bicyclic) bond motifs is 1. The molecular formula is C26H22O12. The van der Waals surface area contributed by atoms with Crippen LogP contribution in [0.3, 0.4) is 0 Å². The number of benzene rings is 3. The summed E-state index contributed by atoms with van der Waals surface area (Å²) in [5.74, 6) is -4.71. The molecule has 12 nitrogen and oxygen atoms in total. The van der Waals surface area contributed by atoms with Crippen molar-refractivity contribution in [2.24, 2.45) is 0 Å². The van der Waals surface area contributed by atoms with Gasteiger partial charge < -0.3 is 44.8 Å². The Bertz CT molecular complexity index is 1490. The number of cyclic esters (lactones) is 1. The topological polar surface area (TPSA) is 200 Å². The maximum absolute atomic E-state index is 12.0. The van der Waals surface area contributed by atoms with Crippen LogP contribution in [0.25, 0.3) is 0 Å². The second kappa shape index (κ2) is 9.82. The number of carboxylic acids is 1. The molecule has 1 aliphatic heterocycles. The summed E-state index contributed by atoms with van der Waals surface area (Å²) in [5, 5.41) is 62.2. The highest BCUT2D eigenvalue weighted by Gasteiger charge is 2.36. The summed E-state index contributed by atoms with van der Waals surface area (Å²) in [6, 6.07) is 4.61. The first-order valence-electron chi connectivity index (χ1n) is 11.0. The summed E-state index contributed by atoms with van der Waals surface area (Å²) >= 11 is 0. The summed E-state index contributed by atoms with van der Waals surface area (Å²) < 4.78 is 15.4. The second-order valence-electron chi connectivity index (χ2n) is 8.41. The van der Waals surface area contributed by atoms with Gasteiger partial charge in [0.2, 0.25) is 6.29 Å². The van der Waals surface area contributed by atoms with Crippen LogP contribution in [-0.2, 0) is 22.3 Å². The highest BCUT2D eigenvalue weighted by atomic mass is 16.7. The zero-order valence-electron chi connectivity index (χ0n) is 20.0. The Kier molecular flexibility index (Phi) is 6.75. The van der Waals surface area contributed by atoms with E-state index < -0.39 is 52.4 Å². The smallest absolute Gasteiger partial charge is 0.341 e. The molecule has 0 spiro atoms. The monoisotopic (exact) mass is 526 g/mol. The van der Waals surface area contributed by atoms with E-state index in [4.69, 9.17) is 14.2 Å². The number of carbonyl (C=O) groups excluding carboxylic acids is 2. The minimum atomic E-state index is -1.52. The van der Waals surface area contributed by atoms with Crippen LogP contribution in [0.1, 0.15) is 65.2 Å². The molecule has 1 heterocycles. The molecule has 0 bridgehead atoms. The molecule has 0 fully saturated rings. The molecule has 0 aliphatic carbocycles. The number of aldehydes is 1. The van der Waals surface area contributed by atoms with Gasteiger partial charge in [0.25, 0.3) is 0 Å². The molecule has 0 amide bonds. The molecule has 0 unspecified atom stereocenters. The van der Waals surface area contributed by atoms with Crippen molar-refractivity contribution in [3.63, 3.8) is 0 Å². The van der Waals surface area contributed by atoms with Crippen LogP contribution in [0.4, 0.5) is 0 Å². The Morgan fingerprint density at radius 3 is 2.16 bits per heavy atom. The Labute approximate surface area is 214 Å². The first kappa shape index (κ1) is 26.1. The average molecular weight is 526 g/mol. The highest BCUT2D eigenvalue weighted by molar-refractivity contribution is 6.00. The molecule has 1 atom stereocenters. The first-order valence-corrected chi connectivity index (χ1v) is 11.0. The van der Waals surface area contributed by atoms with Crippen molar-refractivity contribution in [2.45, 2.75) is 19.1 Å². The minimum Gasteiger partial charge on any atom is -0.508 e. The molecule has 0 radical (unpaired) electrons. The number of rotatable bonds is 8. The molecular weight excluding hydrogens is 504 g/mol. The molecule has 0 aromatic heterocycles. The van der Waals surface area contributed by atoms with E-state index in [2.05, 4.69) is 0 Å². The summed E-state index contributed by atoms with van der Waals surface area (Å²) in [6.45, 7) is 0. The van der Waals surface area contributed by atoms with Gasteiger partial charge >= 0.3 is 11.9 Å². The molecule has 198 valence electrons. The summed E-state index contributed by atoms with van der Waals surface area (Å²) in [5.41, 5.74) is -0.923. The Morgan fingerprint density at radius 1 is 0.921 bits per heavy atom. The van der Waals surface area contributed by atoms with Crippen LogP contribution in [0.15, 0.2) is 24.3 Å². The van der Waals surface area contributed by atoms with Gasteiger partial charge in [-0.3, -0.25) is 4.79 Å². The van der Waals surface area contributed by atoms with Gasteiger partial charge in [0.05, 0.1) is 29.4 Å². The lowest BCUT2D eigenvalue weighted by atomic mass is 9.92. The summed E-state index contributed by atoms with van der Waals surface area (Å²) in [4.78, 5) is 34.9. The van der Waals surface area contributed by atoms with E-state index in [1.54, 1.807) is 0 Å². The molecule has 6 N–H and O–H groups in total. The van der Waals surface area contributed by atoms with E-state index in [0.29, 0.717) is 5.56 Å². The summed E-state index contributed by atoms with van der Waals surface area (Å²) in [7, 11) is 2.58. The number of hydrogen-bond donors (Lipinski definition) is 6. The van der Waals surface area contributed by atoms with Crippen LogP contribution >= 0.6 is 0 Å². The Balaban J connectivity index is 1.80. The molecule has 4 rings (SSSR count). The number of phenols is 5. The van der Waals surface area contributed by atoms with E-state index in [-0.39, 0.29) is 58.4 Å². The van der Waals surface area contributed by atoms with E-state index in [1.165, 1.54) is 26.4 Å². The molecule has 3 aromatic carbocycles. The van der Waals surface area contributed by atoms with Gasteiger partial charge in [0.1, 0.15) is 34.5 Å². The number of methoxy groups -OCH3 is 2. The number of phenolic OH excluding ortho intramolecular Hbond substituents is 5. The van der Waals surface area contributed by atoms with Crippen LogP contribution in [-0.4, -0.2) is 63.1 Å². The lowest BCUT2D eigenvalue weighted by Crippen LogP contribution is -2.05. The molecule has 0 saturated carbocycles. The number of hydrogen-bond acceptors (Lipinski definition) is 11. The van der Waals surface area contributed by atoms with Gasteiger partial charge in [-0.1, -0.05) is 0 Å². The Hall–Kier alpha value is -4.97. The van der Waals surface area contributed by atoms with Crippen molar-refractivity contribution >= 4 is 18.2 Å². The number of esters is 1. The van der Waals surface area contributed by atoms with Gasteiger partial charge in [-0.05, 0) is 29.3 Å². The zero-order valence-corrected chi connectivity index (χ0v) is 20.0. The minimum absolute atomic E-state index is 0.0216. The van der Waals surface area contributed by atoms with Crippen molar-refractivity contribution in [1.82, 2.24) is 0 Å². The predicted octanol–water partition coefficient (Wildman–Crippen LogP) is 2.73. The standard InChI is InChI=1S/C26H22O12/c1-36-20-8-17(28)10(4-14-19(30)7-15-21(23(14)32)26(37-2)38-25(15)35)3-11(20)5-13-18(29)6-12(24(33)34)16(9-27)22(13)31/h3,6-9,26,28-32H,4-5H2,1-2H3,(H,33,34)/t26-/m1/s1. The molecule has 12 heteroatoms. The molecule has 0 saturated heterocycles. The third-order valence-electron chi connectivity index (χ3n) is 6.29. The number of carbonyl (C=O) groups is 3. The maximum atomic E-state index is 12.0. The molecule has 3 aromatic rings. The number of ether oxygens (including phenoxy) is 3. The van der Waals surface area contributed by atoms with Crippen molar-refractivity contribution in [3.8, 4) is 34.5 Å². The second-order valence-corrected chi connectivity index (χ2v) is 8.41. The fraction of sp³-hybridized carbons (Fsp3) is 0.192. The maximum Gasteiger partial charge on any atom is 0.341 e. The zero-order chi connectivity index (χ0) is 27.9. The van der Waals surface area contributed by atoms with Crippen LogP contribution in [0.5, 0.6) is 34.5 Å². The lowest BCUT2D eigenvalue weighted by molar-refractivity contribution is -0.0823. The lowest BCUT2D eigenvalue weighted by Gasteiger charge is -2.17. The van der Waals surface area contributed by atoms with Crippen LogP contribution in [0.2, 0.25) is 0 Å². The van der Waals surface area contributed by atoms with Gasteiger partial charge in [-0.2, -0.15) is 0 Å². The van der Waals surface area contributed by atoms with Gasteiger partial charge in [0, 0.05) is 37.1 Å². The van der Waals surface area contributed by atoms with Crippen LogP contribution < -0.4 is 4.74 Å². The summed E-state index contributed by atoms with van der Waals surface area (Å²) in [6.07, 6.45) is -1.54. The van der Waals surface area contributed by atoms with Gasteiger partial charge in [-0.25, -0.2) is 9.59 Å². The van der Waals surface area contributed by atoms with Crippen molar-refractivity contribution in [3.05, 3.63) is 68.8 Å². The number of carboxylic acid groups (broad SMARTS) is 1. The van der Waals surface area contributed by atoms with E-state index in [9.17, 15) is 45.0 Å². The van der Waals surface area contributed by atoms with Crippen molar-refractivity contribution in [1.29, 1.82) is 0 Å². The van der Waals surface area contributed by atoms with Crippen molar-refractivity contribution < 1.29 is 59.2 Å². The Morgan fingerprint density at radius 2 is 1.55 bits per heavy atom. The average Bonchev–Trinajstić information content (AvgIpc) is 3.20. The van der Waals surface area contributed by atoms with E-state index >= 15 is 0 Å². The highest BCUT2D eigenvalue weighted by Crippen LogP contribution is 2.45. The number of aromatic carboxylic acids is 1. The molecule has 1 aliphatic rings. The fourth-order valence-corrected chi connectivity index (χ4v) is 4.38. The largest absolute Gasteiger partial charge is 0.508 e. The fourth-order valence-electron chi connectivity index (χ4n) is 4.38. The van der Waals surface area contributed by atoms with Gasteiger partial charge in [-0.15, -0.1) is 0 Å². The first-order chi connectivity index (χ1) is 18.0. The van der Waals surface area contributed by atoms with Gasteiger partial charge in [0.15, 0.2) is 6.29 Å². The quantitative estimate of drug-likeness (QED) is 0.185. The van der Waals surface area contributed by atoms with Crippen molar-refractivity contribution in [2.75, 3.05) is 14.2 Å². The predicted molar refractivity (Wildman–Crippen MR) is 127 cm³/mol. The number of aromatic hydroxyl groups is 5. The molecule has 38 heavy (non-hydrogen) atoms. The normalized spacial score (nSPS) is 14.2. The van der Waals surface area contributed by atoms with E-state index in [0.717, 1.165) is 12.1 Å². The third kappa shape index (κ3) is 4.26. The SMILES string of the molecule is COc1cc(O)c(Cc2c(O)cc3c(c2O)[C@H](OC)OC3=O)cc1Cc1c(O)cc(C(=O)O)c(C=O)c1O.